The first-order chi connectivity index (χ1) is 11.1. The molecule has 0 bridgehead atoms. The van der Waals surface area contributed by atoms with Gasteiger partial charge in [-0.15, -0.1) is 0 Å². The molecule has 0 heterocycles. The van der Waals surface area contributed by atoms with E-state index in [1.54, 1.807) is 0 Å². The fourth-order valence-electron chi connectivity index (χ4n) is 1.64. The van der Waals surface area contributed by atoms with E-state index in [4.69, 9.17) is 0 Å². The Balaban J connectivity index is 2.71. The zero-order valence-electron chi connectivity index (χ0n) is 11.2. The summed E-state index contributed by atoms with van der Waals surface area (Å²) in [5.74, 6) is -22.3. The maximum atomic E-state index is 13.7. The number of methoxy groups -OCH3 is 1. The van der Waals surface area contributed by atoms with E-state index in [1.165, 1.54) is 0 Å². The Morgan fingerprint density at radius 3 is 1.17 bits per heavy atom. The Bertz CT molecular complexity index is 782. The van der Waals surface area contributed by atoms with Crippen molar-refractivity contribution in [3.05, 3.63) is 51.0 Å². The number of rotatable bonds is 3. The highest BCUT2D eigenvalue weighted by molar-refractivity contribution is 9.10. The smallest absolute Gasteiger partial charge is 0.208 e. The van der Waals surface area contributed by atoms with Crippen molar-refractivity contribution in [1.29, 1.82) is 0 Å². The van der Waals surface area contributed by atoms with Crippen molar-refractivity contribution in [3.8, 4) is 17.2 Å². The van der Waals surface area contributed by atoms with Crippen LogP contribution in [0.15, 0.2) is 4.47 Å². The van der Waals surface area contributed by atoms with Crippen LogP contribution in [0, 0.1) is 46.5 Å². The van der Waals surface area contributed by atoms with Gasteiger partial charge in [0.1, 0.15) is 0 Å². The molecule has 0 aliphatic carbocycles. The lowest BCUT2D eigenvalue weighted by atomic mass is 10.2. The third-order valence-corrected chi connectivity index (χ3v) is 3.46. The molecular weight excluding hydrogens is 420 g/mol. The summed E-state index contributed by atoms with van der Waals surface area (Å²) < 4.78 is 115. The van der Waals surface area contributed by atoms with Crippen LogP contribution in [0.5, 0.6) is 17.2 Å². The van der Waals surface area contributed by atoms with Crippen LogP contribution >= 0.6 is 15.9 Å². The minimum Gasteiger partial charge on any atom is -0.491 e. The molecule has 0 N–H and O–H groups in total. The molecule has 0 aliphatic rings. The minimum absolute atomic E-state index is 0.694. The SMILES string of the molecule is COc1c(F)c(F)c(Oc2c(F)c(F)c(Br)c(F)c2F)c(F)c1F. The van der Waals surface area contributed by atoms with Crippen molar-refractivity contribution < 1.29 is 44.6 Å². The summed E-state index contributed by atoms with van der Waals surface area (Å²) in [4.78, 5) is 0. The summed E-state index contributed by atoms with van der Waals surface area (Å²) in [5, 5.41) is 0. The second-order valence-corrected chi connectivity index (χ2v) is 4.91. The van der Waals surface area contributed by atoms with Crippen molar-refractivity contribution in [1.82, 2.24) is 0 Å². The third kappa shape index (κ3) is 2.66. The molecule has 2 rings (SSSR count). The van der Waals surface area contributed by atoms with Gasteiger partial charge in [0, 0.05) is 0 Å². The topological polar surface area (TPSA) is 18.5 Å². The highest BCUT2D eigenvalue weighted by Crippen LogP contribution is 2.40. The molecular formula is C13H3BrF8O2. The van der Waals surface area contributed by atoms with Gasteiger partial charge in [-0.2, -0.15) is 26.3 Å². The lowest BCUT2D eigenvalue weighted by Gasteiger charge is -2.14. The predicted octanol–water partition coefficient (Wildman–Crippen LogP) is 5.36. The van der Waals surface area contributed by atoms with Crippen LogP contribution in [0.4, 0.5) is 35.1 Å². The Hall–Kier alpha value is -2.04. The van der Waals surface area contributed by atoms with Gasteiger partial charge in [-0.05, 0) is 15.9 Å². The largest absolute Gasteiger partial charge is 0.491 e. The molecule has 0 spiro atoms. The van der Waals surface area contributed by atoms with Gasteiger partial charge in [-0.3, -0.25) is 0 Å². The van der Waals surface area contributed by atoms with Gasteiger partial charge in [0.2, 0.25) is 46.4 Å². The van der Waals surface area contributed by atoms with E-state index in [1.807, 2.05) is 0 Å². The van der Waals surface area contributed by atoms with Gasteiger partial charge in [0.05, 0.1) is 11.6 Å². The number of benzene rings is 2. The number of ether oxygens (including phenoxy) is 2. The zero-order valence-corrected chi connectivity index (χ0v) is 12.8. The van der Waals surface area contributed by atoms with Crippen molar-refractivity contribution in [2.75, 3.05) is 7.11 Å². The van der Waals surface area contributed by atoms with Gasteiger partial charge >= 0.3 is 0 Å². The summed E-state index contributed by atoms with van der Waals surface area (Å²) in [6.07, 6.45) is 0. The molecule has 2 aromatic carbocycles. The molecule has 2 aromatic rings. The molecule has 0 saturated carbocycles. The molecule has 0 unspecified atom stereocenters. The van der Waals surface area contributed by atoms with Crippen LogP contribution in [0.25, 0.3) is 0 Å². The molecule has 0 amide bonds. The zero-order chi connectivity index (χ0) is 18.3. The molecule has 0 aromatic heterocycles. The molecule has 130 valence electrons. The van der Waals surface area contributed by atoms with E-state index in [0.29, 0.717) is 7.11 Å². The summed E-state index contributed by atoms with van der Waals surface area (Å²) in [5.41, 5.74) is 0. The van der Waals surface area contributed by atoms with Crippen LogP contribution in [0.2, 0.25) is 0 Å². The molecule has 2 nitrogen and oxygen atoms in total. The fraction of sp³-hybridized carbons (Fsp3) is 0.0769. The van der Waals surface area contributed by atoms with Gasteiger partial charge in [-0.1, -0.05) is 0 Å². The van der Waals surface area contributed by atoms with E-state index >= 15 is 0 Å². The van der Waals surface area contributed by atoms with Crippen LogP contribution < -0.4 is 9.47 Å². The van der Waals surface area contributed by atoms with Gasteiger partial charge in [0.25, 0.3) is 0 Å². The van der Waals surface area contributed by atoms with Crippen LogP contribution in [0.1, 0.15) is 0 Å². The van der Waals surface area contributed by atoms with Crippen LogP contribution in [-0.4, -0.2) is 7.11 Å². The predicted molar refractivity (Wildman–Crippen MR) is 66.9 cm³/mol. The Morgan fingerprint density at radius 2 is 0.833 bits per heavy atom. The summed E-state index contributed by atoms with van der Waals surface area (Å²) in [7, 11) is 0.694. The monoisotopic (exact) mass is 422 g/mol. The van der Waals surface area contributed by atoms with Crippen molar-refractivity contribution >= 4 is 15.9 Å². The van der Waals surface area contributed by atoms with E-state index in [9.17, 15) is 35.1 Å². The van der Waals surface area contributed by atoms with E-state index in [0.717, 1.165) is 0 Å². The second-order valence-electron chi connectivity index (χ2n) is 4.12. The highest BCUT2D eigenvalue weighted by Gasteiger charge is 2.32. The normalized spacial score (nSPS) is 10.9. The minimum atomic E-state index is -2.23. The Labute approximate surface area is 136 Å². The average molecular weight is 423 g/mol. The van der Waals surface area contributed by atoms with Gasteiger partial charge in [0.15, 0.2) is 17.4 Å². The lowest BCUT2D eigenvalue weighted by molar-refractivity contribution is 0.297. The van der Waals surface area contributed by atoms with Crippen molar-refractivity contribution in [3.63, 3.8) is 0 Å². The van der Waals surface area contributed by atoms with Crippen LogP contribution in [-0.2, 0) is 0 Å². The Morgan fingerprint density at radius 1 is 0.542 bits per heavy atom. The molecule has 11 heteroatoms. The standard InChI is InChI=1S/C13H3BrF8O2/c1-23-11-7(19)9(21)13(10(22)8(11)20)24-12-5(17)3(15)2(14)4(16)6(12)18/h1H3. The highest BCUT2D eigenvalue weighted by atomic mass is 79.9. The summed E-state index contributed by atoms with van der Waals surface area (Å²) in [6.45, 7) is 0. The second kappa shape index (κ2) is 6.46. The molecule has 0 saturated heterocycles. The molecule has 0 atom stereocenters. The average Bonchev–Trinajstić information content (AvgIpc) is 2.56. The first-order valence-corrected chi connectivity index (χ1v) is 6.51. The summed E-state index contributed by atoms with van der Waals surface area (Å²) >= 11 is 2.20. The third-order valence-electron chi connectivity index (χ3n) is 2.76. The molecule has 0 aliphatic heterocycles. The van der Waals surface area contributed by atoms with Crippen molar-refractivity contribution in [2.45, 2.75) is 0 Å². The Kier molecular flexibility index (Phi) is 4.92. The van der Waals surface area contributed by atoms with Gasteiger partial charge in [-0.25, -0.2) is 8.78 Å². The molecule has 24 heavy (non-hydrogen) atoms. The van der Waals surface area contributed by atoms with E-state index in [-0.39, 0.29) is 0 Å². The summed E-state index contributed by atoms with van der Waals surface area (Å²) in [6, 6.07) is 0. The first kappa shape index (κ1) is 18.3. The molecule has 0 fully saturated rings. The first-order valence-electron chi connectivity index (χ1n) is 5.72. The fourth-order valence-corrected chi connectivity index (χ4v) is 1.98. The van der Waals surface area contributed by atoms with Gasteiger partial charge < -0.3 is 9.47 Å². The molecule has 0 radical (unpaired) electrons. The maximum Gasteiger partial charge on any atom is 0.208 e. The quantitative estimate of drug-likeness (QED) is 0.376. The van der Waals surface area contributed by atoms with Crippen molar-refractivity contribution in [2.24, 2.45) is 0 Å². The maximum absolute atomic E-state index is 13.7. The number of hydrogen-bond acceptors (Lipinski definition) is 2. The number of hydrogen-bond donors (Lipinski definition) is 0. The van der Waals surface area contributed by atoms with E-state index in [2.05, 4.69) is 25.4 Å². The van der Waals surface area contributed by atoms with E-state index < -0.39 is 68.3 Å². The number of halogens is 9. The lowest BCUT2D eigenvalue weighted by Crippen LogP contribution is -2.07. The van der Waals surface area contributed by atoms with Crippen LogP contribution in [0.3, 0.4) is 0 Å².